The molecule has 0 aromatic carbocycles. The monoisotopic (exact) mass is 206 g/mol. The Morgan fingerprint density at radius 3 is 1.85 bits per heavy atom. The lowest BCUT2D eigenvalue weighted by atomic mass is 9.90. The Hall–Kier alpha value is -0.240. The lowest BCUT2D eigenvalue weighted by molar-refractivity contribution is 0.0453. The molecule has 3 heteroatoms. The number of carbonyl (C=O) groups excluding carboxylic acids is 1. The molecule has 0 spiro atoms. The van der Waals surface area contributed by atoms with E-state index < -0.39 is 5.43 Å². The summed E-state index contributed by atoms with van der Waals surface area (Å²) in [6.07, 6.45) is 1.96. The Labute approximate surface area is 85.6 Å². The van der Waals surface area contributed by atoms with Gasteiger partial charge in [0, 0.05) is 11.6 Å². The van der Waals surface area contributed by atoms with E-state index in [9.17, 15) is 4.79 Å². The van der Waals surface area contributed by atoms with E-state index in [-0.39, 0.29) is 6.10 Å². The first kappa shape index (κ1) is 12.8. The van der Waals surface area contributed by atoms with Crippen molar-refractivity contribution < 1.29 is 9.53 Å². The molecule has 0 rings (SSSR count). The molecule has 0 aliphatic heterocycles. The molecule has 0 saturated heterocycles. The number of halogens is 1. The molecule has 13 heavy (non-hydrogen) atoms. The van der Waals surface area contributed by atoms with Crippen LogP contribution in [0.15, 0.2) is 0 Å². The molecule has 0 aromatic rings. The van der Waals surface area contributed by atoms with Crippen LogP contribution in [-0.2, 0) is 4.74 Å². The highest BCUT2D eigenvalue weighted by molar-refractivity contribution is 6.61. The molecule has 2 nitrogen and oxygen atoms in total. The van der Waals surface area contributed by atoms with Gasteiger partial charge >= 0.3 is 5.43 Å². The molecule has 0 aliphatic rings. The molecule has 78 valence electrons. The molecule has 0 saturated carbocycles. The van der Waals surface area contributed by atoms with Crippen LogP contribution < -0.4 is 0 Å². The van der Waals surface area contributed by atoms with Gasteiger partial charge in [0.05, 0.1) is 0 Å². The van der Waals surface area contributed by atoms with Crippen LogP contribution in [0, 0.1) is 11.8 Å². The van der Waals surface area contributed by atoms with Crippen LogP contribution in [-0.4, -0.2) is 11.5 Å². The second kappa shape index (κ2) is 6.25. The van der Waals surface area contributed by atoms with Crippen LogP contribution in [0.1, 0.15) is 40.5 Å². The van der Waals surface area contributed by atoms with E-state index in [1.54, 1.807) is 0 Å². The predicted octanol–water partition coefficient (Wildman–Crippen LogP) is 3.82. The van der Waals surface area contributed by atoms with Crippen molar-refractivity contribution in [1.82, 2.24) is 0 Å². The largest absolute Gasteiger partial charge is 0.450 e. The zero-order chi connectivity index (χ0) is 10.4. The fourth-order valence-corrected chi connectivity index (χ4v) is 1.47. The normalized spacial score (nSPS) is 15.5. The molecular weight excluding hydrogens is 188 g/mol. The van der Waals surface area contributed by atoms with Crippen molar-refractivity contribution in [2.75, 3.05) is 0 Å². The first-order chi connectivity index (χ1) is 6.02. The first-order valence-electron chi connectivity index (χ1n) is 4.89. The maximum absolute atomic E-state index is 10.6. The molecule has 0 aliphatic carbocycles. The second-order valence-electron chi connectivity index (χ2n) is 3.59. The molecule has 0 bridgehead atoms. The zero-order valence-electron chi connectivity index (χ0n) is 8.84. The van der Waals surface area contributed by atoms with Crippen LogP contribution in [0.3, 0.4) is 0 Å². The van der Waals surface area contributed by atoms with Gasteiger partial charge in [-0.3, -0.25) is 0 Å². The average Bonchev–Trinajstić information content (AvgIpc) is 2.11. The van der Waals surface area contributed by atoms with Crippen LogP contribution in [0.2, 0.25) is 0 Å². The highest BCUT2D eigenvalue weighted by Crippen LogP contribution is 2.22. The minimum atomic E-state index is -0.689. The van der Waals surface area contributed by atoms with Crippen LogP contribution in [0.4, 0.5) is 4.79 Å². The summed E-state index contributed by atoms with van der Waals surface area (Å²) in [6.45, 7) is 8.33. The minimum absolute atomic E-state index is 0.0417. The summed E-state index contributed by atoms with van der Waals surface area (Å²) < 4.78 is 5.08. The number of rotatable bonds is 5. The summed E-state index contributed by atoms with van der Waals surface area (Å²) >= 11 is 5.21. The van der Waals surface area contributed by atoms with Crippen LogP contribution in [0.25, 0.3) is 0 Å². The van der Waals surface area contributed by atoms with E-state index in [2.05, 4.69) is 27.7 Å². The van der Waals surface area contributed by atoms with Gasteiger partial charge in [-0.05, 0) is 11.8 Å². The van der Waals surface area contributed by atoms with Gasteiger partial charge in [-0.15, -0.1) is 0 Å². The third-order valence-corrected chi connectivity index (χ3v) is 2.73. The summed E-state index contributed by atoms with van der Waals surface area (Å²) in [5, 5.41) is 0. The molecular formula is C10H19ClO2. The van der Waals surface area contributed by atoms with Crippen molar-refractivity contribution >= 4 is 17.0 Å². The van der Waals surface area contributed by atoms with E-state index in [1.165, 1.54) is 0 Å². The molecule has 0 amide bonds. The SMILES string of the molecule is CC[C@H](C)C(OC(=O)Cl)[C@@H](C)CC. The van der Waals surface area contributed by atoms with E-state index in [0.717, 1.165) is 12.8 Å². The number of hydrogen-bond acceptors (Lipinski definition) is 2. The Balaban J connectivity index is 4.26. The van der Waals surface area contributed by atoms with Gasteiger partial charge in [0.15, 0.2) is 0 Å². The van der Waals surface area contributed by atoms with Gasteiger partial charge in [-0.1, -0.05) is 40.5 Å². The molecule has 0 fully saturated rings. The lowest BCUT2D eigenvalue weighted by Gasteiger charge is -2.27. The third-order valence-electron chi connectivity index (χ3n) is 2.64. The maximum Gasteiger partial charge on any atom is 0.404 e. The lowest BCUT2D eigenvalue weighted by Crippen LogP contribution is -2.29. The summed E-state index contributed by atoms with van der Waals surface area (Å²) in [6, 6.07) is 0. The predicted molar refractivity (Wildman–Crippen MR) is 55.0 cm³/mol. The molecule has 2 atom stereocenters. The fourth-order valence-electron chi connectivity index (χ4n) is 1.36. The van der Waals surface area contributed by atoms with Crippen LogP contribution >= 0.6 is 11.6 Å². The fraction of sp³-hybridized carbons (Fsp3) is 0.900. The molecule has 0 unspecified atom stereocenters. The van der Waals surface area contributed by atoms with Crippen molar-refractivity contribution in [2.24, 2.45) is 11.8 Å². The summed E-state index contributed by atoms with van der Waals surface area (Å²) in [7, 11) is 0. The molecule has 0 radical (unpaired) electrons. The molecule has 0 N–H and O–H groups in total. The number of ether oxygens (including phenoxy) is 1. The smallest absolute Gasteiger partial charge is 0.404 e. The van der Waals surface area contributed by atoms with Gasteiger partial charge in [-0.2, -0.15) is 0 Å². The van der Waals surface area contributed by atoms with Gasteiger partial charge in [0.25, 0.3) is 0 Å². The number of hydrogen-bond donors (Lipinski definition) is 0. The highest BCUT2D eigenvalue weighted by Gasteiger charge is 2.24. The quantitative estimate of drug-likeness (QED) is 0.640. The van der Waals surface area contributed by atoms with E-state index in [0.29, 0.717) is 11.8 Å². The Kier molecular flexibility index (Phi) is 6.13. The number of carbonyl (C=O) groups is 1. The van der Waals surface area contributed by atoms with Crippen molar-refractivity contribution in [3.05, 3.63) is 0 Å². The second-order valence-corrected chi connectivity index (χ2v) is 3.90. The summed E-state index contributed by atoms with van der Waals surface area (Å²) in [4.78, 5) is 10.6. The first-order valence-corrected chi connectivity index (χ1v) is 5.26. The van der Waals surface area contributed by atoms with Crippen molar-refractivity contribution in [1.29, 1.82) is 0 Å². The van der Waals surface area contributed by atoms with Crippen molar-refractivity contribution in [3.8, 4) is 0 Å². The van der Waals surface area contributed by atoms with E-state index >= 15 is 0 Å². The van der Waals surface area contributed by atoms with Crippen LogP contribution in [0.5, 0.6) is 0 Å². The average molecular weight is 207 g/mol. The summed E-state index contributed by atoms with van der Waals surface area (Å²) in [5.74, 6) is 0.746. The Morgan fingerprint density at radius 1 is 1.23 bits per heavy atom. The maximum atomic E-state index is 10.6. The molecule has 0 heterocycles. The minimum Gasteiger partial charge on any atom is -0.450 e. The van der Waals surface area contributed by atoms with E-state index in [1.807, 2.05) is 0 Å². The van der Waals surface area contributed by atoms with Crippen molar-refractivity contribution in [3.63, 3.8) is 0 Å². The van der Waals surface area contributed by atoms with Gasteiger partial charge < -0.3 is 4.74 Å². The highest BCUT2D eigenvalue weighted by atomic mass is 35.5. The summed E-state index contributed by atoms with van der Waals surface area (Å²) in [5.41, 5.74) is -0.689. The topological polar surface area (TPSA) is 26.3 Å². The van der Waals surface area contributed by atoms with Gasteiger partial charge in [0.1, 0.15) is 6.10 Å². The van der Waals surface area contributed by atoms with Gasteiger partial charge in [-0.25, -0.2) is 4.79 Å². The Bertz CT molecular complexity index is 149. The third kappa shape index (κ3) is 4.51. The van der Waals surface area contributed by atoms with E-state index in [4.69, 9.17) is 16.3 Å². The van der Waals surface area contributed by atoms with Gasteiger partial charge in [0.2, 0.25) is 0 Å². The van der Waals surface area contributed by atoms with Crippen molar-refractivity contribution in [2.45, 2.75) is 46.6 Å². The molecule has 0 aromatic heterocycles. The Morgan fingerprint density at radius 2 is 1.62 bits per heavy atom. The zero-order valence-corrected chi connectivity index (χ0v) is 9.60. The standard InChI is InChI=1S/C10H19ClO2/c1-5-7(3)9(8(4)6-2)13-10(11)12/h7-9H,5-6H2,1-4H3/t7-,8-/m0/s1.